The van der Waals surface area contributed by atoms with Crippen LogP contribution >= 0.6 is 34.9 Å². The standard InChI is InChI=1S/C18H19N9O6S3/c1-7(28)19-17-20-9(6-35-17)10(23-33-3)13(29)21-11-14(30)27-12(16(31)32)8(4-34-15(11)27)5-36-18-22-24-25-26(18)2/h6,11,15H,4-5H2,1-3H3,(H,21,29)(H,31,32)(H,19,20,28)/t11?,15-/m1/s1. The number of carbonyl (C=O) groups is 4. The van der Waals surface area contributed by atoms with Crippen molar-refractivity contribution in [2.45, 2.75) is 23.5 Å². The number of thioether (sulfide) groups is 2. The molecule has 0 radical (unpaired) electrons. The van der Waals surface area contributed by atoms with Gasteiger partial charge in [-0.3, -0.25) is 19.3 Å². The highest BCUT2D eigenvalue weighted by molar-refractivity contribution is 8.01. The molecule has 36 heavy (non-hydrogen) atoms. The lowest BCUT2D eigenvalue weighted by Gasteiger charge is -2.49. The molecule has 0 bridgehead atoms. The van der Waals surface area contributed by atoms with Crippen molar-refractivity contribution in [3.8, 4) is 0 Å². The molecular formula is C18H19N9O6S3. The average molecular weight is 554 g/mol. The highest BCUT2D eigenvalue weighted by Gasteiger charge is 2.54. The lowest BCUT2D eigenvalue weighted by molar-refractivity contribution is -0.150. The molecule has 2 atom stereocenters. The zero-order valence-electron chi connectivity index (χ0n) is 19.0. The molecule has 4 heterocycles. The van der Waals surface area contributed by atoms with Gasteiger partial charge in [0, 0.05) is 30.9 Å². The number of hydrogen-bond donors (Lipinski definition) is 3. The van der Waals surface area contributed by atoms with E-state index in [1.165, 1.54) is 52.5 Å². The summed E-state index contributed by atoms with van der Waals surface area (Å²) in [4.78, 5) is 59.3. The zero-order chi connectivity index (χ0) is 26.0. The Bertz CT molecular complexity index is 1290. The van der Waals surface area contributed by atoms with Gasteiger partial charge >= 0.3 is 5.97 Å². The maximum absolute atomic E-state index is 13.0. The molecule has 2 aromatic rings. The third kappa shape index (κ3) is 5.05. The molecule has 4 rings (SSSR count). The van der Waals surface area contributed by atoms with Crippen LogP contribution in [0.3, 0.4) is 0 Å². The van der Waals surface area contributed by atoms with Gasteiger partial charge in [-0.05, 0) is 16.0 Å². The summed E-state index contributed by atoms with van der Waals surface area (Å²) in [7, 11) is 2.92. The number of rotatable bonds is 9. The summed E-state index contributed by atoms with van der Waals surface area (Å²) < 4.78 is 1.46. The van der Waals surface area contributed by atoms with Crippen molar-refractivity contribution in [2.24, 2.45) is 12.2 Å². The van der Waals surface area contributed by atoms with Crippen LogP contribution in [-0.2, 0) is 31.1 Å². The van der Waals surface area contributed by atoms with E-state index in [0.717, 1.165) is 11.3 Å². The molecule has 2 aliphatic rings. The van der Waals surface area contributed by atoms with E-state index in [9.17, 15) is 24.3 Å². The predicted octanol–water partition coefficient (Wildman–Crippen LogP) is -0.494. The maximum atomic E-state index is 13.0. The van der Waals surface area contributed by atoms with Gasteiger partial charge in [0.1, 0.15) is 29.9 Å². The second-order valence-corrected chi connectivity index (χ2v) is 10.2. The van der Waals surface area contributed by atoms with Crippen LogP contribution in [0, 0.1) is 0 Å². The molecule has 0 saturated carbocycles. The van der Waals surface area contributed by atoms with Gasteiger partial charge in [-0.25, -0.2) is 14.5 Å². The van der Waals surface area contributed by atoms with Crippen molar-refractivity contribution >= 4 is 69.4 Å². The van der Waals surface area contributed by atoms with Crippen molar-refractivity contribution in [3.05, 3.63) is 22.3 Å². The second-order valence-electron chi connectivity index (χ2n) is 7.33. The minimum atomic E-state index is -1.24. The molecular weight excluding hydrogens is 534 g/mol. The van der Waals surface area contributed by atoms with Gasteiger partial charge < -0.3 is 20.6 Å². The molecule has 1 fully saturated rings. The van der Waals surface area contributed by atoms with Crippen LogP contribution in [-0.4, -0.2) is 94.6 Å². The SMILES string of the molecule is CON=C(C(=O)NC1C(=O)N2C(C(=O)O)=C(CSc3nnnn3C)CS[C@H]12)c1csc(NC(C)=O)n1. The summed E-state index contributed by atoms with van der Waals surface area (Å²) in [6.45, 7) is 1.32. The first kappa shape index (κ1) is 25.6. The average Bonchev–Trinajstić information content (AvgIpc) is 3.46. The fourth-order valence-corrected chi connectivity index (χ4v) is 6.46. The number of fused-ring (bicyclic) bond motifs is 1. The summed E-state index contributed by atoms with van der Waals surface area (Å²) in [6, 6.07) is -0.968. The number of hydrogen-bond acceptors (Lipinski definition) is 13. The normalized spacial score (nSPS) is 19.5. The van der Waals surface area contributed by atoms with Crippen LogP contribution in [0.2, 0.25) is 0 Å². The number of nitrogens with one attached hydrogen (secondary N) is 2. The highest BCUT2D eigenvalue weighted by Crippen LogP contribution is 2.41. The monoisotopic (exact) mass is 553 g/mol. The Balaban J connectivity index is 1.48. The Morgan fingerprint density at radius 1 is 1.39 bits per heavy atom. The van der Waals surface area contributed by atoms with Crippen molar-refractivity contribution in [2.75, 3.05) is 23.9 Å². The number of carbonyl (C=O) groups excluding carboxylic acids is 3. The van der Waals surface area contributed by atoms with Crippen molar-refractivity contribution in [1.82, 2.24) is 35.4 Å². The van der Waals surface area contributed by atoms with Crippen LogP contribution in [0.25, 0.3) is 0 Å². The largest absolute Gasteiger partial charge is 0.477 e. The number of β-lactam (4-membered cyclic amide) rings is 1. The summed E-state index contributed by atoms with van der Waals surface area (Å²) in [5.41, 5.74) is 0.388. The minimum Gasteiger partial charge on any atom is -0.477 e. The first-order chi connectivity index (χ1) is 17.2. The smallest absolute Gasteiger partial charge is 0.352 e. The highest BCUT2D eigenvalue weighted by atomic mass is 32.2. The molecule has 15 nitrogen and oxygen atoms in total. The molecule has 3 amide bonds. The molecule has 0 aliphatic carbocycles. The number of carboxylic acids is 1. The number of tetrazole rings is 1. The van der Waals surface area contributed by atoms with Crippen LogP contribution in [0.15, 0.2) is 27.0 Å². The van der Waals surface area contributed by atoms with E-state index in [1.807, 2.05) is 0 Å². The number of nitrogens with zero attached hydrogens (tertiary/aromatic N) is 7. The first-order valence-corrected chi connectivity index (χ1v) is 13.0. The third-order valence-corrected chi connectivity index (χ3v) is 8.11. The number of thiazole rings is 1. The molecule has 2 aliphatic heterocycles. The molecule has 190 valence electrons. The van der Waals surface area contributed by atoms with Crippen molar-refractivity contribution in [3.63, 3.8) is 0 Å². The van der Waals surface area contributed by atoms with E-state index in [-0.39, 0.29) is 33.9 Å². The molecule has 1 unspecified atom stereocenters. The van der Waals surface area contributed by atoms with Gasteiger partial charge in [-0.15, -0.1) is 28.2 Å². The minimum absolute atomic E-state index is 0.109. The summed E-state index contributed by atoms with van der Waals surface area (Å²) in [6.07, 6.45) is 0. The van der Waals surface area contributed by atoms with Crippen LogP contribution < -0.4 is 10.6 Å². The fraction of sp³-hybridized carbons (Fsp3) is 0.389. The van der Waals surface area contributed by atoms with Gasteiger partial charge in [0.2, 0.25) is 11.1 Å². The van der Waals surface area contributed by atoms with Gasteiger partial charge in [0.05, 0.1) is 0 Å². The molecule has 18 heteroatoms. The lowest BCUT2D eigenvalue weighted by atomic mass is 10.0. The second kappa shape index (κ2) is 10.6. The number of oxime groups is 1. The molecule has 0 spiro atoms. The van der Waals surface area contributed by atoms with Crippen LogP contribution in [0.1, 0.15) is 12.6 Å². The van der Waals surface area contributed by atoms with Crippen molar-refractivity contribution < 1.29 is 29.1 Å². The van der Waals surface area contributed by atoms with E-state index in [4.69, 9.17) is 4.84 Å². The number of anilines is 1. The lowest BCUT2D eigenvalue weighted by Crippen LogP contribution is -2.71. The summed E-state index contributed by atoms with van der Waals surface area (Å²) in [5.74, 6) is -2.23. The van der Waals surface area contributed by atoms with Crippen LogP contribution in [0.5, 0.6) is 0 Å². The molecule has 1 saturated heterocycles. The van der Waals surface area contributed by atoms with E-state index < -0.39 is 29.2 Å². The van der Waals surface area contributed by atoms with E-state index >= 15 is 0 Å². The summed E-state index contributed by atoms with van der Waals surface area (Å²) >= 11 is 3.68. The summed E-state index contributed by atoms with van der Waals surface area (Å²) in [5, 5.41) is 31.5. The van der Waals surface area contributed by atoms with Gasteiger partial charge in [-0.2, -0.15) is 0 Å². The number of carboxylic acid groups (broad SMARTS) is 1. The topological polar surface area (TPSA) is 194 Å². The first-order valence-electron chi connectivity index (χ1n) is 10.1. The molecule has 2 aromatic heterocycles. The Labute approximate surface area is 215 Å². The molecule has 0 aromatic carbocycles. The Morgan fingerprint density at radius 3 is 2.81 bits per heavy atom. The van der Waals surface area contributed by atoms with E-state index in [1.54, 1.807) is 7.05 Å². The van der Waals surface area contributed by atoms with Gasteiger partial charge in [-0.1, -0.05) is 16.9 Å². The quantitative estimate of drug-likeness (QED) is 0.156. The Kier molecular flexibility index (Phi) is 7.55. The Hall–Kier alpha value is -3.51. The maximum Gasteiger partial charge on any atom is 0.352 e. The van der Waals surface area contributed by atoms with Gasteiger partial charge in [0.25, 0.3) is 11.8 Å². The number of amides is 3. The number of aliphatic carboxylic acids is 1. The van der Waals surface area contributed by atoms with Crippen LogP contribution in [0.4, 0.5) is 5.13 Å². The van der Waals surface area contributed by atoms with E-state index in [2.05, 4.69) is 36.3 Å². The van der Waals surface area contributed by atoms with Crippen molar-refractivity contribution in [1.29, 1.82) is 0 Å². The van der Waals surface area contributed by atoms with Gasteiger partial charge in [0.15, 0.2) is 10.8 Å². The number of aryl methyl sites for hydroxylation is 1. The van der Waals surface area contributed by atoms with E-state index in [0.29, 0.717) is 16.5 Å². The third-order valence-electron chi connectivity index (χ3n) is 4.92. The Morgan fingerprint density at radius 2 is 2.17 bits per heavy atom. The predicted molar refractivity (Wildman–Crippen MR) is 129 cm³/mol. The number of aromatic nitrogens is 5. The zero-order valence-corrected chi connectivity index (χ0v) is 21.4. The fourth-order valence-electron chi connectivity index (χ4n) is 3.39. The molecule has 3 N–H and O–H groups in total.